The van der Waals surface area contributed by atoms with Gasteiger partial charge in [-0.2, -0.15) is 0 Å². The summed E-state index contributed by atoms with van der Waals surface area (Å²) in [5.41, 5.74) is 3.38. The van der Waals surface area contributed by atoms with Crippen LogP contribution in [0, 0.1) is 5.82 Å². The van der Waals surface area contributed by atoms with Crippen molar-refractivity contribution in [3.8, 4) is 0 Å². The van der Waals surface area contributed by atoms with E-state index < -0.39 is 46.6 Å². The molecule has 0 atom stereocenters. The zero-order valence-corrected chi connectivity index (χ0v) is 15.4. The number of benzene rings is 1. The van der Waals surface area contributed by atoms with Gasteiger partial charge in [-0.15, -0.1) is 0 Å². The fourth-order valence-electron chi connectivity index (χ4n) is 2.42. The maximum atomic E-state index is 13.7. The molecule has 10 heteroatoms. The van der Waals surface area contributed by atoms with Crippen LogP contribution in [-0.2, 0) is 18.3 Å². The molecule has 0 fully saturated rings. The van der Waals surface area contributed by atoms with E-state index in [1.807, 2.05) is 0 Å². The van der Waals surface area contributed by atoms with Gasteiger partial charge in [0.15, 0.2) is 6.61 Å². The SMILES string of the molecule is CCCn1c(N)c(C(=O)COC(=O)c2ccc(Cl)cc2F)c(=O)n(C)c1=O. The number of rotatable bonds is 6. The molecule has 0 saturated carbocycles. The Labute approximate surface area is 157 Å². The van der Waals surface area contributed by atoms with Crippen molar-refractivity contribution in [1.82, 2.24) is 9.13 Å². The van der Waals surface area contributed by atoms with Gasteiger partial charge in [0.2, 0.25) is 5.78 Å². The van der Waals surface area contributed by atoms with Gasteiger partial charge in [0, 0.05) is 18.6 Å². The highest BCUT2D eigenvalue weighted by atomic mass is 35.5. The lowest BCUT2D eigenvalue weighted by molar-refractivity contribution is 0.0469. The maximum absolute atomic E-state index is 13.7. The minimum Gasteiger partial charge on any atom is -0.454 e. The van der Waals surface area contributed by atoms with E-state index in [1.54, 1.807) is 6.92 Å². The Hall–Kier alpha value is -2.94. The van der Waals surface area contributed by atoms with E-state index in [1.165, 1.54) is 13.1 Å². The predicted molar refractivity (Wildman–Crippen MR) is 96.7 cm³/mol. The molecule has 2 aromatic rings. The van der Waals surface area contributed by atoms with E-state index in [2.05, 4.69) is 0 Å². The summed E-state index contributed by atoms with van der Waals surface area (Å²) in [5, 5.41) is 0.0922. The fourth-order valence-corrected chi connectivity index (χ4v) is 2.58. The highest BCUT2D eigenvalue weighted by Gasteiger charge is 2.23. The van der Waals surface area contributed by atoms with Crippen LogP contribution in [0.15, 0.2) is 27.8 Å². The number of nitrogens with zero attached hydrogens (tertiary/aromatic N) is 2. The van der Waals surface area contributed by atoms with Gasteiger partial charge in [-0.1, -0.05) is 18.5 Å². The van der Waals surface area contributed by atoms with Crippen molar-refractivity contribution in [3.05, 3.63) is 61.0 Å². The maximum Gasteiger partial charge on any atom is 0.341 e. The van der Waals surface area contributed by atoms with Crippen molar-refractivity contribution < 1.29 is 18.7 Å². The summed E-state index contributed by atoms with van der Waals surface area (Å²) in [7, 11) is 1.21. The van der Waals surface area contributed by atoms with E-state index in [4.69, 9.17) is 22.1 Å². The summed E-state index contributed by atoms with van der Waals surface area (Å²) in [4.78, 5) is 48.7. The van der Waals surface area contributed by atoms with Gasteiger partial charge in [0.25, 0.3) is 5.56 Å². The largest absolute Gasteiger partial charge is 0.454 e. The fraction of sp³-hybridized carbons (Fsp3) is 0.294. The van der Waals surface area contributed by atoms with Crippen molar-refractivity contribution in [3.63, 3.8) is 0 Å². The second-order valence-electron chi connectivity index (χ2n) is 5.68. The van der Waals surface area contributed by atoms with Crippen molar-refractivity contribution in [2.75, 3.05) is 12.3 Å². The monoisotopic (exact) mass is 397 g/mol. The molecule has 0 aliphatic heterocycles. The Bertz CT molecular complexity index is 1030. The number of nitrogens with two attached hydrogens (primary N) is 1. The van der Waals surface area contributed by atoms with Gasteiger partial charge >= 0.3 is 11.7 Å². The van der Waals surface area contributed by atoms with Crippen LogP contribution >= 0.6 is 11.6 Å². The Morgan fingerprint density at radius 2 is 1.96 bits per heavy atom. The number of Topliss-reactive ketones (excluding diaryl/α,β-unsaturated/α-hetero) is 1. The Morgan fingerprint density at radius 3 is 2.56 bits per heavy atom. The molecule has 0 unspecified atom stereocenters. The Balaban J connectivity index is 2.29. The van der Waals surface area contributed by atoms with Crippen molar-refractivity contribution in [2.45, 2.75) is 19.9 Å². The molecule has 0 amide bonds. The number of hydrogen-bond donors (Lipinski definition) is 1. The highest BCUT2D eigenvalue weighted by Crippen LogP contribution is 2.16. The summed E-state index contributed by atoms with van der Waals surface area (Å²) < 4.78 is 20.4. The number of esters is 1. The second-order valence-corrected chi connectivity index (χ2v) is 6.12. The summed E-state index contributed by atoms with van der Waals surface area (Å²) >= 11 is 5.61. The first-order chi connectivity index (χ1) is 12.7. The average Bonchev–Trinajstić information content (AvgIpc) is 2.61. The number of hydrogen-bond acceptors (Lipinski definition) is 6. The second kappa shape index (κ2) is 8.17. The lowest BCUT2D eigenvalue weighted by Crippen LogP contribution is -2.43. The highest BCUT2D eigenvalue weighted by molar-refractivity contribution is 6.30. The van der Waals surface area contributed by atoms with E-state index in [9.17, 15) is 23.6 Å². The molecule has 0 radical (unpaired) electrons. The van der Waals surface area contributed by atoms with E-state index in [0.29, 0.717) is 6.42 Å². The van der Waals surface area contributed by atoms with E-state index in [-0.39, 0.29) is 17.4 Å². The molecule has 8 nitrogen and oxygen atoms in total. The van der Waals surface area contributed by atoms with Crippen LogP contribution in [0.25, 0.3) is 0 Å². The van der Waals surface area contributed by atoms with Gasteiger partial charge in [0.1, 0.15) is 17.2 Å². The molecule has 0 saturated heterocycles. The van der Waals surface area contributed by atoms with Crippen molar-refractivity contribution >= 4 is 29.2 Å². The number of anilines is 1. The molecule has 1 heterocycles. The molecule has 0 aliphatic carbocycles. The lowest BCUT2D eigenvalue weighted by atomic mass is 10.2. The minimum absolute atomic E-state index is 0.0922. The third-order valence-corrected chi connectivity index (χ3v) is 4.03. The molecule has 0 aliphatic rings. The molecule has 144 valence electrons. The molecule has 1 aromatic heterocycles. The number of aromatic nitrogens is 2. The summed E-state index contributed by atoms with van der Waals surface area (Å²) in [6.07, 6.45) is 0.542. The molecule has 27 heavy (non-hydrogen) atoms. The number of ketones is 1. The molecule has 0 bridgehead atoms. The Morgan fingerprint density at radius 1 is 1.30 bits per heavy atom. The van der Waals surface area contributed by atoms with Crippen LogP contribution in [0.4, 0.5) is 10.2 Å². The standard InChI is InChI=1S/C17H17ClFN3O5/c1-3-6-22-14(20)13(15(24)21(2)17(22)26)12(23)8-27-16(25)10-5-4-9(18)7-11(10)19/h4-5,7H,3,6,8,20H2,1-2H3. The van der Waals surface area contributed by atoms with E-state index in [0.717, 1.165) is 21.3 Å². The first-order valence-electron chi connectivity index (χ1n) is 7.93. The minimum atomic E-state index is -1.10. The molecular weight excluding hydrogens is 381 g/mol. The molecular formula is C17H17ClFN3O5. The molecule has 2 N–H and O–H groups in total. The van der Waals surface area contributed by atoms with Gasteiger partial charge < -0.3 is 10.5 Å². The van der Waals surface area contributed by atoms with Crippen LogP contribution < -0.4 is 17.0 Å². The van der Waals surface area contributed by atoms with Crippen molar-refractivity contribution in [2.24, 2.45) is 7.05 Å². The summed E-state index contributed by atoms with van der Waals surface area (Å²) in [6.45, 7) is 1.15. The number of carbonyl (C=O) groups excluding carboxylic acids is 2. The van der Waals surface area contributed by atoms with Gasteiger partial charge in [-0.25, -0.2) is 14.0 Å². The number of ether oxygens (including phenoxy) is 1. The predicted octanol–water partition coefficient (Wildman–Crippen LogP) is 1.37. The summed E-state index contributed by atoms with van der Waals surface area (Å²) in [5.74, 6) is -3.22. The number of halogens is 2. The zero-order chi connectivity index (χ0) is 20.3. The smallest absolute Gasteiger partial charge is 0.341 e. The molecule has 1 aromatic carbocycles. The molecule has 0 spiro atoms. The number of nitrogen functional groups attached to an aromatic ring is 1. The third-order valence-electron chi connectivity index (χ3n) is 3.79. The third kappa shape index (κ3) is 4.08. The van der Waals surface area contributed by atoms with Crippen LogP contribution in [0.3, 0.4) is 0 Å². The van der Waals surface area contributed by atoms with Gasteiger partial charge in [-0.3, -0.25) is 18.7 Å². The van der Waals surface area contributed by atoms with Crippen LogP contribution in [0.2, 0.25) is 5.02 Å². The van der Waals surface area contributed by atoms with Gasteiger partial charge in [-0.05, 0) is 24.6 Å². The average molecular weight is 398 g/mol. The lowest BCUT2D eigenvalue weighted by Gasteiger charge is -2.14. The molecule has 2 rings (SSSR count). The van der Waals surface area contributed by atoms with Gasteiger partial charge in [0.05, 0.1) is 5.56 Å². The normalized spacial score (nSPS) is 10.7. The van der Waals surface area contributed by atoms with Crippen LogP contribution in [0.5, 0.6) is 0 Å². The van der Waals surface area contributed by atoms with Crippen molar-refractivity contribution in [1.29, 1.82) is 0 Å². The van der Waals surface area contributed by atoms with Crippen LogP contribution in [0.1, 0.15) is 34.1 Å². The zero-order valence-electron chi connectivity index (χ0n) is 14.6. The van der Waals surface area contributed by atoms with E-state index >= 15 is 0 Å². The topological polar surface area (TPSA) is 113 Å². The quantitative estimate of drug-likeness (QED) is 0.581. The van der Waals surface area contributed by atoms with Crippen LogP contribution in [-0.4, -0.2) is 27.5 Å². The first-order valence-corrected chi connectivity index (χ1v) is 8.31. The Kier molecular flexibility index (Phi) is 6.17. The summed E-state index contributed by atoms with van der Waals surface area (Å²) in [6, 6.07) is 3.32. The number of carbonyl (C=O) groups is 2. The first kappa shape index (κ1) is 20.4.